The van der Waals surface area contributed by atoms with E-state index < -0.39 is 0 Å². The molecular weight excluding hydrogens is 296 g/mol. The van der Waals surface area contributed by atoms with Crippen LogP contribution in [0.15, 0.2) is 53.0 Å². The summed E-state index contributed by atoms with van der Waals surface area (Å²) < 4.78 is 1.10. The first-order valence-electron chi connectivity index (χ1n) is 5.33. The summed E-state index contributed by atoms with van der Waals surface area (Å²) in [7, 11) is 0. The molecule has 2 aromatic rings. The second-order valence-electron chi connectivity index (χ2n) is 3.65. The van der Waals surface area contributed by atoms with Crippen LogP contribution in [-0.4, -0.2) is 11.0 Å². The fourth-order valence-corrected chi connectivity index (χ4v) is 2.77. The molecule has 0 bridgehead atoms. The van der Waals surface area contributed by atoms with E-state index in [1.165, 1.54) is 28.5 Å². The van der Waals surface area contributed by atoms with Gasteiger partial charge in [-0.05, 0) is 28.8 Å². The molecule has 1 N–H and O–H groups in total. The van der Waals surface area contributed by atoms with E-state index in [4.69, 9.17) is 5.11 Å². The second-order valence-corrected chi connectivity index (χ2v) is 5.46. The number of aliphatic hydroxyl groups is 1. The summed E-state index contributed by atoms with van der Waals surface area (Å²) in [4.78, 5) is 0. The van der Waals surface area contributed by atoms with Crippen molar-refractivity contribution in [2.75, 3.05) is 5.94 Å². The van der Waals surface area contributed by atoms with Crippen molar-refractivity contribution >= 4 is 27.7 Å². The lowest BCUT2D eigenvalue weighted by Gasteiger charge is -2.07. The average Bonchev–Trinajstić information content (AvgIpc) is 2.39. The van der Waals surface area contributed by atoms with Gasteiger partial charge in [-0.2, -0.15) is 0 Å². The third kappa shape index (κ3) is 3.35. The predicted molar refractivity (Wildman–Crippen MR) is 78.0 cm³/mol. The Labute approximate surface area is 114 Å². The Morgan fingerprint density at radius 3 is 2.47 bits per heavy atom. The van der Waals surface area contributed by atoms with Gasteiger partial charge in [-0.15, -0.1) is 11.8 Å². The van der Waals surface area contributed by atoms with E-state index in [1.54, 1.807) is 0 Å². The summed E-state index contributed by atoms with van der Waals surface area (Å²) in [5.41, 5.74) is 3.64. The standard InChI is InChI=1S/C14H13BrOS/c15-14-7-6-12(8-13(14)9-17-10-16)11-4-2-1-3-5-11/h1-8,16H,9-10H2. The number of halogens is 1. The second kappa shape index (κ2) is 6.24. The fourth-order valence-electron chi connectivity index (χ4n) is 1.65. The van der Waals surface area contributed by atoms with Gasteiger partial charge in [0.05, 0.1) is 5.94 Å². The van der Waals surface area contributed by atoms with Crippen LogP contribution in [0, 0.1) is 0 Å². The molecule has 0 heterocycles. The maximum absolute atomic E-state index is 8.85. The molecular formula is C14H13BrOS. The maximum Gasteiger partial charge on any atom is 0.0889 e. The summed E-state index contributed by atoms with van der Waals surface area (Å²) in [5.74, 6) is 0.972. The average molecular weight is 309 g/mol. The van der Waals surface area contributed by atoms with Gasteiger partial charge in [0.25, 0.3) is 0 Å². The molecule has 0 radical (unpaired) electrons. The first-order valence-corrected chi connectivity index (χ1v) is 7.28. The van der Waals surface area contributed by atoms with Crippen LogP contribution >= 0.6 is 27.7 Å². The molecule has 0 amide bonds. The van der Waals surface area contributed by atoms with Crippen LogP contribution in [0.1, 0.15) is 5.56 Å². The van der Waals surface area contributed by atoms with Crippen LogP contribution < -0.4 is 0 Å². The number of rotatable bonds is 4. The molecule has 2 aromatic carbocycles. The summed E-state index contributed by atoms with van der Waals surface area (Å²) >= 11 is 5.04. The molecule has 0 aromatic heterocycles. The van der Waals surface area contributed by atoms with Crippen molar-refractivity contribution in [3.05, 3.63) is 58.6 Å². The van der Waals surface area contributed by atoms with Crippen molar-refractivity contribution in [1.82, 2.24) is 0 Å². The minimum absolute atomic E-state index is 0.155. The van der Waals surface area contributed by atoms with Crippen molar-refractivity contribution in [2.24, 2.45) is 0 Å². The first-order chi connectivity index (χ1) is 8.31. The smallest absolute Gasteiger partial charge is 0.0889 e. The number of thioether (sulfide) groups is 1. The summed E-state index contributed by atoms with van der Waals surface area (Å²) in [6.45, 7) is 0. The van der Waals surface area contributed by atoms with Crippen molar-refractivity contribution in [3.8, 4) is 11.1 Å². The lowest BCUT2D eigenvalue weighted by Crippen LogP contribution is -1.86. The number of hydrogen-bond donors (Lipinski definition) is 1. The highest BCUT2D eigenvalue weighted by molar-refractivity contribution is 9.10. The third-order valence-corrected chi connectivity index (χ3v) is 3.97. The molecule has 0 aliphatic heterocycles. The van der Waals surface area contributed by atoms with E-state index in [0.29, 0.717) is 0 Å². The molecule has 0 atom stereocenters. The normalized spacial score (nSPS) is 10.5. The zero-order valence-corrected chi connectivity index (χ0v) is 11.7. The van der Waals surface area contributed by atoms with E-state index in [2.05, 4.69) is 46.3 Å². The Bertz CT molecular complexity index is 485. The van der Waals surface area contributed by atoms with Crippen molar-refractivity contribution < 1.29 is 5.11 Å². The maximum atomic E-state index is 8.85. The molecule has 1 nitrogen and oxygen atoms in total. The Kier molecular flexibility index (Phi) is 4.66. The van der Waals surface area contributed by atoms with Crippen molar-refractivity contribution in [2.45, 2.75) is 5.75 Å². The number of aliphatic hydroxyl groups excluding tert-OH is 1. The van der Waals surface area contributed by atoms with Gasteiger partial charge in [-0.3, -0.25) is 0 Å². The highest BCUT2D eigenvalue weighted by Crippen LogP contribution is 2.27. The van der Waals surface area contributed by atoms with Gasteiger partial charge in [-0.1, -0.05) is 52.3 Å². The van der Waals surface area contributed by atoms with Gasteiger partial charge in [-0.25, -0.2) is 0 Å². The molecule has 0 fully saturated rings. The molecule has 0 saturated heterocycles. The van der Waals surface area contributed by atoms with Crippen molar-refractivity contribution in [3.63, 3.8) is 0 Å². The molecule has 0 aliphatic rings. The Morgan fingerprint density at radius 2 is 1.76 bits per heavy atom. The monoisotopic (exact) mass is 308 g/mol. The molecule has 0 spiro atoms. The van der Waals surface area contributed by atoms with Crippen LogP contribution in [-0.2, 0) is 5.75 Å². The zero-order valence-electron chi connectivity index (χ0n) is 9.27. The summed E-state index contributed by atoms with van der Waals surface area (Å²) in [6.07, 6.45) is 0. The van der Waals surface area contributed by atoms with E-state index >= 15 is 0 Å². The highest BCUT2D eigenvalue weighted by atomic mass is 79.9. The quantitative estimate of drug-likeness (QED) is 0.850. The Balaban J connectivity index is 2.31. The Hall–Kier alpha value is -0.770. The van der Waals surface area contributed by atoms with Crippen LogP contribution in [0.4, 0.5) is 0 Å². The molecule has 3 heteroatoms. The van der Waals surface area contributed by atoms with Gasteiger partial charge in [0.2, 0.25) is 0 Å². The zero-order chi connectivity index (χ0) is 12.1. The largest absolute Gasteiger partial charge is 0.386 e. The summed E-state index contributed by atoms with van der Waals surface area (Å²) in [5, 5.41) is 8.85. The minimum Gasteiger partial charge on any atom is -0.386 e. The topological polar surface area (TPSA) is 20.2 Å². The van der Waals surface area contributed by atoms with E-state index in [1.807, 2.05) is 18.2 Å². The molecule has 0 saturated carbocycles. The molecule has 0 aliphatic carbocycles. The summed E-state index contributed by atoms with van der Waals surface area (Å²) in [6, 6.07) is 16.6. The van der Waals surface area contributed by atoms with Gasteiger partial charge >= 0.3 is 0 Å². The van der Waals surface area contributed by atoms with Gasteiger partial charge in [0, 0.05) is 10.2 Å². The molecule has 0 unspecified atom stereocenters. The van der Waals surface area contributed by atoms with Crippen LogP contribution in [0.3, 0.4) is 0 Å². The van der Waals surface area contributed by atoms with Crippen molar-refractivity contribution in [1.29, 1.82) is 0 Å². The number of benzene rings is 2. The van der Waals surface area contributed by atoms with Gasteiger partial charge in [0.15, 0.2) is 0 Å². The van der Waals surface area contributed by atoms with Gasteiger partial charge < -0.3 is 5.11 Å². The van der Waals surface area contributed by atoms with E-state index in [9.17, 15) is 0 Å². The molecule has 17 heavy (non-hydrogen) atoms. The fraction of sp³-hybridized carbons (Fsp3) is 0.143. The van der Waals surface area contributed by atoms with E-state index in [0.717, 1.165) is 10.2 Å². The Morgan fingerprint density at radius 1 is 1.00 bits per heavy atom. The van der Waals surface area contributed by atoms with E-state index in [-0.39, 0.29) is 5.94 Å². The predicted octanol–water partition coefficient (Wildman–Crippen LogP) is 4.30. The van der Waals surface area contributed by atoms with Gasteiger partial charge in [0.1, 0.15) is 0 Å². The third-order valence-electron chi connectivity index (χ3n) is 2.50. The van der Waals surface area contributed by atoms with Crippen LogP contribution in [0.5, 0.6) is 0 Å². The molecule has 88 valence electrons. The lowest BCUT2D eigenvalue weighted by atomic mass is 10.0. The van der Waals surface area contributed by atoms with Crippen LogP contribution in [0.25, 0.3) is 11.1 Å². The number of hydrogen-bond acceptors (Lipinski definition) is 2. The minimum atomic E-state index is 0.155. The lowest BCUT2D eigenvalue weighted by molar-refractivity contribution is 0.375. The highest BCUT2D eigenvalue weighted by Gasteiger charge is 2.03. The first kappa shape index (κ1) is 12.7. The SMILES string of the molecule is OCSCc1cc(-c2ccccc2)ccc1Br. The van der Waals surface area contributed by atoms with Crippen LogP contribution in [0.2, 0.25) is 0 Å². The molecule has 2 rings (SSSR count).